The van der Waals surface area contributed by atoms with Gasteiger partial charge in [0, 0.05) is 70.4 Å². The van der Waals surface area contributed by atoms with E-state index in [1.54, 1.807) is 24.0 Å². The minimum Gasteiger partial charge on any atom is -0.497 e. The molecule has 17 heteroatoms. The molecule has 3 N–H and O–H groups in total. The Labute approximate surface area is 436 Å². The fourth-order valence-corrected chi connectivity index (χ4v) is 10.9. The third kappa shape index (κ3) is 15.9. The number of amides is 3. The third-order valence-electron chi connectivity index (χ3n) is 15.4. The van der Waals surface area contributed by atoms with Crippen molar-refractivity contribution in [2.24, 2.45) is 17.6 Å². The molecule has 0 bridgehead atoms. The van der Waals surface area contributed by atoms with Gasteiger partial charge in [0.2, 0.25) is 17.7 Å². The maximum atomic E-state index is 13.4. The highest BCUT2D eigenvalue weighted by atomic mass is 19.2. The Morgan fingerprint density at radius 2 is 0.920 bits per heavy atom. The van der Waals surface area contributed by atoms with Crippen LogP contribution in [0.5, 0.6) is 11.5 Å². The Morgan fingerprint density at radius 1 is 0.560 bits per heavy atom. The number of nitrogens with one attached hydrogen (secondary N) is 1. The Hall–Kier alpha value is -6.17. The van der Waals surface area contributed by atoms with Gasteiger partial charge in [0.05, 0.1) is 14.2 Å². The molecule has 0 saturated carbocycles. The van der Waals surface area contributed by atoms with E-state index in [1.165, 1.54) is 42.4 Å². The normalized spacial score (nSPS) is 18.7. The van der Waals surface area contributed by atoms with Gasteiger partial charge >= 0.3 is 0 Å². The summed E-state index contributed by atoms with van der Waals surface area (Å²) in [5.41, 5.74) is 9.45. The number of likely N-dealkylation sites (tertiary alicyclic amines) is 4. The average molecular weight is 1050 g/mol. The molecule has 2 atom stereocenters. The fourth-order valence-electron chi connectivity index (χ4n) is 10.9. The molecule has 0 aliphatic carbocycles. The highest BCUT2D eigenvalue weighted by Crippen LogP contribution is 2.32. The number of carbonyl (C=O) groups is 3. The molecule has 8 rings (SSSR count). The summed E-state index contributed by atoms with van der Waals surface area (Å²) >= 11 is 0. The van der Waals surface area contributed by atoms with Crippen LogP contribution >= 0.6 is 0 Å². The largest absolute Gasteiger partial charge is 0.497 e. The van der Waals surface area contributed by atoms with Crippen molar-refractivity contribution < 1.29 is 50.2 Å². The number of hydrogen-bond donors (Lipinski definition) is 2. The predicted molar refractivity (Wildman–Crippen MR) is 278 cm³/mol. The molecule has 404 valence electrons. The molecule has 2 unspecified atom stereocenters. The van der Waals surface area contributed by atoms with E-state index in [0.717, 1.165) is 126 Å². The molecule has 0 spiro atoms. The quantitative estimate of drug-likeness (QED) is 0.0688. The Kier molecular flexibility index (Phi) is 20.4. The van der Waals surface area contributed by atoms with E-state index in [1.807, 2.05) is 24.3 Å². The Bertz CT molecular complexity index is 2540. The van der Waals surface area contributed by atoms with E-state index < -0.39 is 34.9 Å². The first kappa shape index (κ1) is 56.6. The van der Waals surface area contributed by atoms with Gasteiger partial charge in [0.15, 0.2) is 34.9 Å². The lowest BCUT2D eigenvalue weighted by Crippen LogP contribution is -2.52. The molecule has 4 aromatic rings. The van der Waals surface area contributed by atoms with Crippen molar-refractivity contribution in [3.05, 3.63) is 142 Å². The average Bonchev–Trinajstić information content (AvgIpc) is 3.42. The number of nitrogens with zero attached hydrogens (tertiary/aromatic N) is 4. The number of halogens is 6. The molecule has 3 amide bonds. The highest BCUT2D eigenvalue weighted by molar-refractivity contribution is 5.92. The van der Waals surface area contributed by atoms with E-state index in [4.69, 9.17) is 15.2 Å². The number of benzene rings is 4. The molecule has 0 radical (unpaired) electrons. The van der Waals surface area contributed by atoms with E-state index in [9.17, 15) is 40.7 Å². The molecule has 0 aromatic heterocycles. The third-order valence-corrected chi connectivity index (χ3v) is 15.4. The van der Waals surface area contributed by atoms with Crippen molar-refractivity contribution in [1.29, 1.82) is 0 Å². The lowest BCUT2D eigenvalue weighted by molar-refractivity contribution is -0.128. The van der Waals surface area contributed by atoms with E-state index in [-0.39, 0.29) is 46.9 Å². The van der Waals surface area contributed by atoms with Gasteiger partial charge in [0.25, 0.3) is 0 Å². The topological polar surface area (TPSA) is 121 Å². The van der Waals surface area contributed by atoms with Crippen LogP contribution in [0.15, 0.2) is 84.9 Å². The summed E-state index contributed by atoms with van der Waals surface area (Å²) < 4.78 is 90.4. The van der Waals surface area contributed by atoms with Crippen LogP contribution in [0, 0.1) is 46.7 Å². The summed E-state index contributed by atoms with van der Waals surface area (Å²) in [4.78, 5) is 45.4. The molecular formula is C58H70F6N6O5. The van der Waals surface area contributed by atoms with Gasteiger partial charge in [0.1, 0.15) is 11.5 Å². The summed E-state index contributed by atoms with van der Waals surface area (Å²) in [5.74, 6) is -5.35. The van der Waals surface area contributed by atoms with Crippen LogP contribution in [-0.2, 0) is 14.4 Å². The molecular weight excluding hydrogens is 975 g/mol. The number of nitrogens with two attached hydrogens (primary N) is 1. The summed E-state index contributed by atoms with van der Waals surface area (Å²) in [7, 11) is 3.35. The zero-order chi connectivity index (χ0) is 53.6. The summed E-state index contributed by atoms with van der Waals surface area (Å²) in [6.45, 7) is 9.36. The number of methoxy groups -OCH3 is 2. The van der Waals surface area contributed by atoms with Crippen molar-refractivity contribution in [2.45, 2.75) is 82.2 Å². The smallest absolute Gasteiger partial charge is 0.246 e. The second-order valence-electron chi connectivity index (χ2n) is 20.3. The molecule has 4 saturated heterocycles. The van der Waals surface area contributed by atoms with E-state index in [2.05, 4.69) is 39.4 Å². The first-order valence-corrected chi connectivity index (χ1v) is 26.1. The van der Waals surface area contributed by atoms with Crippen molar-refractivity contribution in [3.8, 4) is 11.5 Å². The van der Waals surface area contributed by atoms with Gasteiger partial charge in [-0.2, -0.15) is 0 Å². The second-order valence-corrected chi connectivity index (χ2v) is 20.3. The number of hydrogen-bond acceptors (Lipinski definition) is 8. The Balaban J connectivity index is 0.000000219. The van der Waals surface area contributed by atoms with Crippen LogP contribution in [-0.4, -0.2) is 129 Å². The second kappa shape index (κ2) is 27.0. The monoisotopic (exact) mass is 1040 g/mol. The van der Waals surface area contributed by atoms with Gasteiger partial charge in [-0.05, 0) is 184 Å². The SMILES string of the molecule is COc1ccc(C2CCN(CC(N)C3CCN(C(=O)/C=C/c4cc(F)c(F)c(F)c4)CC3)CC2)cc1.COc1ccc(C2CCN(CC(NC(C)=O)C3CCN(C(=O)/C=C/c4cc(F)c(F)c(F)c4)CC3)CC2)cc1. The van der Waals surface area contributed by atoms with Gasteiger partial charge in [-0.1, -0.05) is 24.3 Å². The standard InChI is InChI=1S/C30H36F3N3O3.C28H34F3N3O2/c1-20(37)34-28(19-35-13-9-23(10-14-35)22-4-6-25(39-2)7-5-22)24-11-15-36(16-12-24)29(38)8-3-21-17-26(31)30(33)27(32)18-21;1-36-23-5-3-20(4-6-23)21-8-12-33(13-9-21)18-26(32)22-10-14-34(15-11-22)27(35)7-2-19-16-24(29)28(31)25(30)17-19/h3-8,17-18,23-24,28H,9-16,19H2,1-2H3,(H,34,37);2-7,16-17,21-22,26H,8-15,18,32H2,1H3/b8-3+;7-2+. The molecule has 75 heavy (non-hydrogen) atoms. The van der Waals surface area contributed by atoms with Crippen LogP contribution < -0.4 is 20.5 Å². The fraction of sp³-hybridized carbons (Fsp3) is 0.466. The molecule has 4 aromatic carbocycles. The zero-order valence-corrected chi connectivity index (χ0v) is 43.1. The minimum absolute atomic E-state index is 0.00186. The first-order valence-electron chi connectivity index (χ1n) is 26.1. The van der Waals surface area contributed by atoms with Gasteiger partial charge in [-0.25, -0.2) is 26.3 Å². The Morgan fingerprint density at radius 3 is 1.28 bits per heavy atom. The van der Waals surface area contributed by atoms with Crippen molar-refractivity contribution in [1.82, 2.24) is 24.9 Å². The zero-order valence-electron chi connectivity index (χ0n) is 43.1. The molecule has 4 aliphatic rings. The number of ether oxygens (including phenoxy) is 2. The van der Waals surface area contributed by atoms with E-state index >= 15 is 0 Å². The first-order chi connectivity index (χ1) is 36.1. The number of piperidine rings is 4. The van der Waals surface area contributed by atoms with Crippen molar-refractivity contribution >= 4 is 29.9 Å². The molecule has 11 nitrogen and oxygen atoms in total. The molecule has 4 heterocycles. The number of rotatable bonds is 15. The van der Waals surface area contributed by atoms with Crippen molar-refractivity contribution in [3.63, 3.8) is 0 Å². The molecule has 4 fully saturated rings. The van der Waals surface area contributed by atoms with E-state index in [0.29, 0.717) is 43.9 Å². The summed E-state index contributed by atoms with van der Waals surface area (Å²) in [6.07, 6.45) is 12.6. The van der Waals surface area contributed by atoms with Crippen LogP contribution in [0.3, 0.4) is 0 Å². The lowest BCUT2D eigenvalue weighted by atomic mass is 9.86. The number of carbonyl (C=O) groups excluding carboxylic acids is 3. The van der Waals surface area contributed by atoms with Gasteiger partial charge < -0.3 is 40.1 Å². The molecule has 4 aliphatic heterocycles. The summed E-state index contributed by atoms with van der Waals surface area (Å²) in [6, 6.07) is 20.1. The lowest BCUT2D eigenvalue weighted by Gasteiger charge is -2.40. The van der Waals surface area contributed by atoms with Crippen LogP contribution in [0.4, 0.5) is 26.3 Å². The van der Waals surface area contributed by atoms with Gasteiger partial charge in [-0.15, -0.1) is 0 Å². The van der Waals surface area contributed by atoms with Gasteiger partial charge in [-0.3, -0.25) is 14.4 Å². The summed E-state index contributed by atoms with van der Waals surface area (Å²) in [5, 5.41) is 3.14. The highest BCUT2D eigenvalue weighted by Gasteiger charge is 2.32. The van der Waals surface area contributed by atoms with Crippen molar-refractivity contribution in [2.75, 3.05) is 79.7 Å². The predicted octanol–water partition coefficient (Wildman–Crippen LogP) is 9.32. The van der Waals surface area contributed by atoms with Crippen LogP contribution in [0.25, 0.3) is 12.2 Å². The maximum absolute atomic E-state index is 13.4. The van der Waals surface area contributed by atoms with Crippen LogP contribution in [0.1, 0.15) is 92.4 Å². The minimum atomic E-state index is -1.53. The van der Waals surface area contributed by atoms with Crippen LogP contribution in [0.2, 0.25) is 0 Å². The maximum Gasteiger partial charge on any atom is 0.246 e.